The summed E-state index contributed by atoms with van der Waals surface area (Å²) in [5.41, 5.74) is -0.540. The third kappa shape index (κ3) is 6.46. The molecule has 1 aliphatic heterocycles. The molecule has 2 heterocycles. The van der Waals surface area contributed by atoms with E-state index in [2.05, 4.69) is 15.3 Å². The molecule has 7 nitrogen and oxygen atoms in total. The Kier molecular flexibility index (Phi) is 8.33. The number of rotatable bonds is 9. The van der Waals surface area contributed by atoms with Crippen LogP contribution in [-0.2, 0) is 11.0 Å². The molecule has 4 rings (SSSR count). The van der Waals surface area contributed by atoms with Crippen LogP contribution in [0.3, 0.4) is 0 Å². The summed E-state index contributed by atoms with van der Waals surface area (Å²) >= 11 is 0. The molecule has 10 heteroatoms. The van der Waals surface area contributed by atoms with Gasteiger partial charge in [-0.2, -0.15) is 18.3 Å². The molecule has 0 unspecified atom stereocenters. The van der Waals surface area contributed by atoms with Gasteiger partial charge in [-0.25, -0.2) is 0 Å². The average Bonchev–Trinajstić information content (AvgIpc) is 3.52. The number of benzene rings is 1. The Morgan fingerprint density at radius 2 is 1.78 bits per heavy atom. The number of hydrogen-bond donors (Lipinski definition) is 2. The Balaban J connectivity index is 1.58. The molecule has 0 radical (unpaired) electrons. The molecule has 1 aliphatic carbocycles. The summed E-state index contributed by atoms with van der Waals surface area (Å²) in [4.78, 5) is 26.9. The van der Waals surface area contributed by atoms with Crippen LogP contribution >= 0.6 is 0 Å². The van der Waals surface area contributed by atoms with Gasteiger partial charge in [-0.1, -0.05) is 37.5 Å². The van der Waals surface area contributed by atoms with Gasteiger partial charge in [-0.15, -0.1) is 0 Å². The summed E-state index contributed by atoms with van der Waals surface area (Å²) in [6.45, 7) is 2.60. The molecule has 2 fully saturated rings. The molecule has 196 valence electrons. The molecule has 0 bridgehead atoms. The Labute approximate surface area is 208 Å². The minimum absolute atomic E-state index is 0.00207. The van der Waals surface area contributed by atoms with Gasteiger partial charge in [0.2, 0.25) is 0 Å². The topological polar surface area (TPSA) is 87.5 Å². The summed E-state index contributed by atoms with van der Waals surface area (Å²) in [6.07, 6.45) is 2.56. The number of nitrogens with zero attached hydrogens (tertiary/aromatic N) is 3. The molecule has 1 saturated heterocycles. The zero-order valence-corrected chi connectivity index (χ0v) is 20.3. The minimum atomic E-state index is -4.55. The molecule has 1 amide bonds. The van der Waals surface area contributed by atoms with Crippen molar-refractivity contribution in [3.8, 4) is 11.3 Å². The van der Waals surface area contributed by atoms with E-state index < -0.39 is 29.7 Å². The van der Waals surface area contributed by atoms with Crippen LogP contribution < -0.4 is 5.32 Å². The quantitative estimate of drug-likeness (QED) is 0.492. The summed E-state index contributed by atoms with van der Waals surface area (Å²) < 4.78 is 42.9. The lowest BCUT2D eigenvalue weighted by Gasteiger charge is -2.28. The Hall–Kier alpha value is -2.88. The maximum absolute atomic E-state index is 13.8. The van der Waals surface area contributed by atoms with Gasteiger partial charge in [0.15, 0.2) is 5.69 Å². The van der Waals surface area contributed by atoms with Crippen LogP contribution in [0, 0.1) is 0 Å². The standard InChI is InChI=1S/C26H33F3N4O3/c27-26(28,29)21-11-5-4-10-20(21)23-17-22(31-33(23)19-8-2-3-9-19)25(36)30-18(16-24(34)35)12-15-32-13-6-1-7-14-32/h4-5,10-11,17-19H,1-3,6-9,12-16H2,(H,30,36)(H,34,35)/t18-/m0/s1. The van der Waals surface area contributed by atoms with E-state index in [4.69, 9.17) is 0 Å². The van der Waals surface area contributed by atoms with Crippen LogP contribution in [0.5, 0.6) is 0 Å². The van der Waals surface area contributed by atoms with Crippen molar-refractivity contribution < 1.29 is 27.9 Å². The van der Waals surface area contributed by atoms with Crippen molar-refractivity contribution in [1.82, 2.24) is 20.0 Å². The third-order valence-corrected chi connectivity index (χ3v) is 7.15. The molecule has 2 aromatic rings. The third-order valence-electron chi connectivity index (χ3n) is 7.15. The highest BCUT2D eigenvalue weighted by Crippen LogP contribution is 2.40. The number of likely N-dealkylation sites (tertiary alicyclic amines) is 1. The molecule has 1 aromatic carbocycles. The Morgan fingerprint density at radius 1 is 1.08 bits per heavy atom. The number of nitrogens with one attached hydrogen (secondary N) is 1. The number of hydrogen-bond acceptors (Lipinski definition) is 4. The number of aliphatic carboxylic acids is 1. The summed E-state index contributed by atoms with van der Waals surface area (Å²) in [5.74, 6) is -1.59. The van der Waals surface area contributed by atoms with Gasteiger partial charge in [-0.05, 0) is 57.3 Å². The summed E-state index contributed by atoms with van der Waals surface area (Å²) in [5, 5.41) is 16.6. The van der Waals surface area contributed by atoms with Crippen LogP contribution in [0.2, 0.25) is 0 Å². The van der Waals surface area contributed by atoms with E-state index >= 15 is 0 Å². The number of piperidine rings is 1. The van der Waals surface area contributed by atoms with E-state index in [-0.39, 0.29) is 29.4 Å². The largest absolute Gasteiger partial charge is 0.481 e. The number of carbonyl (C=O) groups is 2. The van der Waals surface area contributed by atoms with Gasteiger partial charge in [0.1, 0.15) is 0 Å². The van der Waals surface area contributed by atoms with Crippen molar-refractivity contribution in [3.63, 3.8) is 0 Å². The second kappa shape index (κ2) is 11.5. The molecule has 36 heavy (non-hydrogen) atoms. The highest BCUT2D eigenvalue weighted by atomic mass is 19.4. The average molecular weight is 507 g/mol. The molecule has 1 atom stereocenters. The normalized spacial score (nSPS) is 18.3. The second-order valence-corrected chi connectivity index (χ2v) is 9.80. The van der Waals surface area contributed by atoms with Crippen LogP contribution in [0.1, 0.15) is 79.9 Å². The van der Waals surface area contributed by atoms with E-state index in [9.17, 15) is 27.9 Å². The molecular weight excluding hydrogens is 473 g/mol. The number of amides is 1. The number of aromatic nitrogens is 2. The number of alkyl halides is 3. The second-order valence-electron chi connectivity index (χ2n) is 9.80. The molecule has 1 aromatic heterocycles. The van der Waals surface area contributed by atoms with E-state index in [1.807, 2.05) is 0 Å². The van der Waals surface area contributed by atoms with Crippen molar-refractivity contribution in [2.75, 3.05) is 19.6 Å². The fourth-order valence-corrected chi connectivity index (χ4v) is 5.30. The highest BCUT2D eigenvalue weighted by Gasteiger charge is 2.35. The number of carboxylic acids is 1. The minimum Gasteiger partial charge on any atom is -0.481 e. The molecule has 2 aliphatic rings. The maximum atomic E-state index is 13.8. The van der Waals surface area contributed by atoms with Gasteiger partial charge in [0.05, 0.1) is 23.7 Å². The predicted octanol–water partition coefficient (Wildman–Crippen LogP) is 5.13. The molecular formula is C26H33F3N4O3. The van der Waals surface area contributed by atoms with Crippen molar-refractivity contribution in [1.29, 1.82) is 0 Å². The number of carbonyl (C=O) groups excluding carboxylic acids is 1. The molecule has 1 saturated carbocycles. The van der Waals surface area contributed by atoms with Crippen molar-refractivity contribution in [2.24, 2.45) is 0 Å². The molecule has 0 spiro atoms. The maximum Gasteiger partial charge on any atom is 0.417 e. The number of halogens is 3. The van der Waals surface area contributed by atoms with Crippen LogP contribution in [-0.4, -0.2) is 57.3 Å². The first-order valence-corrected chi connectivity index (χ1v) is 12.7. The van der Waals surface area contributed by atoms with E-state index in [1.54, 1.807) is 10.7 Å². The SMILES string of the molecule is O=C(O)C[C@H](CCN1CCCCC1)NC(=O)c1cc(-c2ccccc2C(F)(F)F)n(C2CCCC2)n1. The fourth-order valence-electron chi connectivity index (χ4n) is 5.30. The van der Waals surface area contributed by atoms with Gasteiger partial charge in [0.25, 0.3) is 5.91 Å². The molecule has 2 N–H and O–H groups in total. The van der Waals surface area contributed by atoms with Gasteiger partial charge >= 0.3 is 12.1 Å². The lowest BCUT2D eigenvalue weighted by atomic mass is 10.0. The zero-order chi connectivity index (χ0) is 25.7. The predicted molar refractivity (Wildman–Crippen MR) is 129 cm³/mol. The van der Waals surface area contributed by atoms with Crippen molar-refractivity contribution in [3.05, 3.63) is 41.6 Å². The number of carboxylic acid groups (broad SMARTS) is 1. The van der Waals surface area contributed by atoms with Gasteiger partial charge in [0, 0.05) is 18.2 Å². The van der Waals surface area contributed by atoms with E-state index in [1.165, 1.54) is 24.6 Å². The van der Waals surface area contributed by atoms with Crippen molar-refractivity contribution >= 4 is 11.9 Å². The first-order chi connectivity index (χ1) is 17.2. The lowest BCUT2D eigenvalue weighted by molar-refractivity contribution is -0.138. The smallest absolute Gasteiger partial charge is 0.417 e. The van der Waals surface area contributed by atoms with Crippen LogP contribution in [0.25, 0.3) is 11.3 Å². The van der Waals surface area contributed by atoms with Gasteiger partial charge < -0.3 is 15.3 Å². The lowest BCUT2D eigenvalue weighted by Crippen LogP contribution is -2.40. The van der Waals surface area contributed by atoms with E-state index in [0.29, 0.717) is 13.0 Å². The Morgan fingerprint density at radius 3 is 2.44 bits per heavy atom. The summed E-state index contributed by atoms with van der Waals surface area (Å²) in [7, 11) is 0. The summed E-state index contributed by atoms with van der Waals surface area (Å²) in [6, 6.07) is 6.04. The van der Waals surface area contributed by atoms with E-state index in [0.717, 1.165) is 57.7 Å². The van der Waals surface area contributed by atoms with Crippen LogP contribution in [0.15, 0.2) is 30.3 Å². The highest BCUT2D eigenvalue weighted by molar-refractivity contribution is 5.94. The van der Waals surface area contributed by atoms with Crippen molar-refractivity contribution in [2.45, 2.75) is 76.0 Å². The monoisotopic (exact) mass is 506 g/mol. The van der Waals surface area contributed by atoms with Crippen LogP contribution in [0.4, 0.5) is 13.2 Å². The fraction of sp³-hybridized carbons (Fsp3) is 0.577. The first kappa shape index (κ1) is 26.2. The zero-order valence-electron chi connectivity index (χ0n) is 20.3. The first-order valence-electron chi connectivity index (χ1n) is 12.7. The Bertz CT molecular complexity index is 1060. The van der Waals surface area contributed by atoms with Gasteiger partial charge in [-0.3, -0.25) is 14.3 Å².